The molecular weight excluding hydrogens is 330 g/mol. The van der Waals surface area contributed by atoms with Crippen molar-refractivity contribution in [3.05, 3.63) is 70.8 Å². The third-order valence-electron chi connectivity index (χ3n) is 3.06. The maximum Gasteiger partial charge on any atom is 0.102 e. The van der Waals surface area contributed by atoms with E-state index in [1.165, 1.54) is 6.21 Å². The molecule has 1 N–H and O–H groups in total. The van der Waals surface area contributed by atoms with Crippen LogP contribution in [-0.4, -0.2) is 21.2 Å². The zero-order valence-electron chi connectivity index (χ0n) is 11.0. The molecule has 1 heterocycles. The van der Waals surface area contributed by atoms with E-state index < -0.39 is 0 Å². The molecule has 0 bridgehead atoms. The van der Waals surface area contributed by atoms with E-state index in [9.17, 15) is 0 Å². The smallest absolute Gasteiger partial charge is 0.102 e. The number of oxime groups is 1. The molecule has 21 heavy (non-hydrogen) atoms. The number of aromatic nitrogens is 2. The van der Waals surface area contributed by atoms with Crippen LogP contribution in [0.3, 0.4) is 0 Å². The SMILES string of the molecule is O/N=C/c1cn(-c2ccccc2)nc1-c1cccc(Br)c1. The molecule has 2 aromatic carbocycles. The summed E-state index contributed by atoms with van der Waals surface area (Å²) >= 11 is 3.46. The lowest BCUT2D eigenvalue weighted by atomic mass is 10.1. The minimum Gasteiger partial charge on any atom is -0.411 e. The Morgan fingerprint density at radius 3 is 2.62 bits per heavy atom. The van der Waals surface area contributed by atoms with Crippen molar-refractivity contribution in [3.8, 4) is 16.9 Å². The molecule has 3 aromatic rings. The molecule has 0 aliphatic carbocycles. The Morgan fingerprint density at radius 1 is 1.10 bits per heavy atom. The molecule has 0 amide bonds. The number of hydrogen-bond donors (Lipinski definition) is 1. The molecule has 0 saturated carbocycles. The quantitative estimate of drug-likeness (QED) is 0.442. The average molecular weight is 342 g/mol. The lowest BCUT2D eigenvalue weighted by Crippen LogP contribution is -1.93. The third kappa shape index (κ3) is 2.87. The van der Waals surface area contributed by atoms with Crippen LogP contribution in [0.2, 0.25) is 0 Å². The Morgan fingerprint density at radius 2 is 1.90 bits per heavy atom. The first kappa shape index (κ1) is 13.6. The number of benzene rings is 2. The van der Waals surface area contributed by atoms with Gasteiger partial charge in [-0.15, -0.1) is 0 Å². The Kier molecular flexibility index (Phi) is 3.83. The van der Waals surface area contributed by atoms with Crippen molar-refractivity contribution in [2.75, 3.05) is 0 Å². The summed E-state index contributed by atoms with van der Waals surface area (Å²) in [7, 11) is 0. The zero-order chi connectivity index (χ0) is 14.7. The van der Waals surface area contributed by atoms with Gasteiger partial charge in [-0.1, -0.05) is 51.4 Å². The molecule has 0 atom stereocenters. The van der Waals surface area contributed by atoms with Crippen LogP contribution in [0.4, 0.5) is 0 Å². The normalized spacial score (nSPS) is 11.1. The number of rotatable bonds is 3. The second-order valence-electron chi connectivity index (χ2n) is 4.47. The van der Waals surface area contributed by atoms with Gasteiger partial charge in [-0.3, -0.25) is 0 Å². The van der Waals surface area contributed by atoms with E-state index in [1.807, 2.05) is 60.8 Å². The molecule has 0 unspecified atom stereocenters. The van der Waals surface area contributed by atoms with Gasteiger partial charge in [-0.25, -0.2) is 4.68 Å². The minimum absolute atomic E-state index is 0.749. The molecular formula is C16H12BrN3O. The summed E-state index contributed by atoms with van der Waals surface area (Å²) in [6.45, 7) is 0. The number of nitrogens with zero attached hydrogens (tertiary/aromatic N) is 3. The van der Waals surface area contributed by atoms with Gasteiger partial charge in [0.1, 0.15) is 5.69 Å². The fraction of sp³-hybridized carbons (Fsp3) is 0. The predicted octanol–water partition coefficient (Wildman–Crippen LogP) is 4.11. The number of hydrogen-bond acceptors (Lipinski definition) is 3. The van der Waals surface area contributed by atoms with E-state index >= 15 is 0 Å². The van der Waals surface area contributed by atoms with Gasteiger partial charge in [-0.2, -0.15) is 5.10 Å². The van der Waals surface area contributed by atoms with Crippen LogP contribution in [0.25, 0.3) is 16.9 Å². The van der Waals surface area contributed by atoms with Crippen LogP contribution in [0.15, 0.2) is 70.4 Å². The highest BCUT2D eigenvalue weighted by molar-refractivity contribution is 9.10. The molecule has 1 aromatic heterocycles. The first-order valence-corrected chi connectivity index (χ1v) is 7.15. The second kappa shape index (κ2) is 5.93. The molecule has 0 aliphatic heterocycles. The Hall–Kier alpha value is -2.40. The van der Waals surface area contributed by atoms with Crippen LogP contribution in [-0.2, 0) is 0 Å². The zero-order valence-corrected chi connectivity index (χ0v) is 12.6. The molecule has 4 nitrogen and oxygen atoms in total. The van der Waals surface area contributed by atoms with Crippen molar-refractivity contribution in [3.63, 3.8) is 0 Å². The third-order valence-corrected chi connectivity index (χ3v) is 3.55. The highest BCUT2D eigenvalue weighted by Gasteiger charge is 2.11. The maximum atomic E-state index is 8.85. The van der Waals surface area contributed by atoms with Crippen LogP contribution >= 0.6 is 15.9 Å². The molecule has 0 aliphatic rings. The molecule has 0 radical (unpaired) electrons. The monoisotopic (exact) mass is 341 g/mol. The van der Waals surface area contributed by atoms with Gasteiger partial charge < -0.3 is 5.21 Å². The summed E-state index contributed by atoms with van der Waals surface area (Å²) in [5.74, 6) is 0. The van der Waals surface area contributed by atoms with Gasteiger partial charge in [-0.05, 0) is 24.3 Å². The predicted molar refractivity (Wildman–Crippen MR) is 86.1 cm³/mol. The van der Waals surface area contributed by atoms with E-state index in [4.69, 9.17) is 5.21 Å². The summed E-state index contributed by atoms with van der Waals surface area (Å²) < 4.78 is 2.74. The van der Waals surface area contributed by atoms with Crippen molar-refractivity contribution in [1.29, 1.82) is 0 Å². The molecule has 0 saturated heterocycles. The Bertz CT molecular complexity index is 781. The minimum atomic E-state index is 0.749. The van der Waals surface area contributed by atoms with E-state index in [-0.39, 0.29) is 0 Å². The van der Waals surface area contributed by atoms with Crippen LogP contribution in [0.1, 0.15) is 5.56 Å². The Balaban J connectivity index is 2.14. The van der Waals surface area contributed by atoms with Gasteiger partial charge in [0, 0.05) is 21.8 Å². The largest absolute Gasteiger partial charge is 0.411 e. The molecule has 3 rings (SSSR count). The molecule has 0 fully saturated rings. The average Bonchev–Trinajstić information content (AvgIpc) is 2.93. The van der Waals surface area contributed by atoms with Crippen molar-refractivity contribution in [1.82, 2.24) is 9.78 Å². The maximum absolute atomic E-state index is 8.85. The summed E-state index contributed by atoms with van der Waals surface area (Å²) in [6, 6.07) is 17.7. The van der Waals surface area contributed by atoms with Crippen LogP contribution in [0, 0.1) is 0 Å². The summed E-state index contributed by atoms with van der Waals surface area (Å²) in [4.78, 5) is 0. The summed E-state index contributed by atoms with van der Waals surface area (Å²) in [5.41, 5.74) is 3.41. The first-order valence-electron chi connectivity index (χ1n) is 6.36. The van der Waals surface area contributed by atoms with E-state index in [1.54, 1.807) is 4.68 Å². The van der Waals surface area contributed by atoms with Gasteiger partial charge in [0.25, 0.3) is 0 Å². The molecule has 5 heteroatoms. The van der Waals surface area contributed by atoms with Crippen molar-refractivity contribution in [2.24, 2.45) is 5.16 Å². The van der Waals surface area contributed by atoms with Crippen LogP contribution in [0.5, 0.6) is 0 Å². The van der Waals surface area contributed by atoms with E-state index in [0.717, 1.165) is 27.0 Å². The summed E-state index contributed by atoms with van der Waals surface area (Å²) in [6.07, 6.45) is 3.23. The Labute approximate surface area is 130 Å². The van der Waals surface area contributed by atoms with E-state index in [0.29, 0.717) is 0 Å². The lowest BCUT2D eigenvalue weighted by molar-refractivity contribution is 0.322. The standard InChI is InChI=1S/C16H12BrN3O/c17-14-6-4-5-12(9-14)16-13(10-18-21)11-20(19-16)15-7-2-1-3-8-15/h1-11,21H/b18-10+. The highest BCUT2D eigenvalue weighted by Crippen LogP contribution is 2.25. The number of halogens is 1. The van der Waals surface area contributed by atoms with Crippen molar-refractivity contribution in [2.45, 2.75) is 0 Å². The first-order chi connectivity index (χ1) is 10.3. The van der Waals surface area contributed by atoms with Gasteiger partial charge in [0.15, 0.2) is 0 Å². The van der Waals surface area contributed by atoms with E-state index in [2.05, 4.69) is 26.2 Å². The number of para-hydroxylation sites is 1. The fourth-order valence-electron chi connectivity index (χ4n) is 2.12. The summed E-state index contributed by atoms with van der Waals surface area (Å²) in [5, 5.41) is 16.6. The second-order valence-corrected chi connectivity index (χ2v) is 5.38. The van der Waals surface area contributed by atoms with Gasteiger partial charge >= 0.3 is 0 Å². The highest BCUT2D eigenvalue weighted by atomic mass is 79.9. The topological polar surface area (TPSA) is 50.4 Å². The lowest BCUT2D eigenvalue weighted by Gasteiger charge is -2.01. The van der Waals surface area contributed by atoms with Crippen molar-refractivity contribution >= 4 is 22.1 Å². The van der Waals surface area contributed by atoms with Gasteiger partial charge in [0.05, 0.1) is 11.9 Å². The van der Waals surface area contributed by atoms with Crippen LogP contribution < -0.4 is 0 Å². The molecule has 104 valence electrons. The van der Waals surface area contributed by atoms with Gasteiger partial charge in [0.2, 0.25) is 0 Å². The van der Waals surface area contributed by atoms with Crippen molar-refractivity contribution < 1.29 is 5.21 Å². The molecule has 0 spiro atoms. The fourth-order valence-corrected chi connectivity index (χ4v) is 2.52.